The fourth-order valence-corrected chi connectivity index (χ4v) is 5.03. The Hall–Kier alpha value is -3.18. The van der Waals surface area contributed by atoms with Crippen molar-refractivity contribution in [2.75, 3.05) is 24.2 Å². The van der Waals surface area contributed by atoms with Gasteiger partial charge in [0.15, 0.2) is 0 Å². The number of hydrogen-bond donors (Lipinski definition) is 3. The lowest BCUT2D eigenvalue weighted by Gasteiger charge is -2.16. The number of amides is 1. The molecule has 0 unspecified atom stereocenters. The molecule has 0 radical (unpaired) electrons. The summed E-state index contributed by atoms with van der Waals surface area (Å²) in [5.74, 6) is 0.383. The Morgan fingerprint density at radius 2 is 1.61 bits per heavy atom. The van der Waals surface area contributed by atoms with E-state index in [1.165, 1.54) is 49.7 Å². The highest BCUT2D eigenvalue weighted by Gasteiger charge is 2.27. The average molecular weight is 485 g/mol. The van der Waals surface area contributed by atoms with Crippen LogP contribution in [0, 0.1) is 19.8 Å². The lowest BCUT2D eigenvalue weighted by molar-refractivity contribution is -0.110. The molecule has 2 aromatic rings. The Kier molecular flexibility index (Phi) is 8.42. The summed E-state index contributed by atoms with van der Waals surface area (Å²) in [6, 6.07) is 12.9. The lowest BCUT2D eigenvalue weighted by Crippen LogP contribution is -2.28. The minimum atomic E-state index is -0.188. The molecule has 2 aliphatic carbocycles. The van der Waals surface area contributed by atoms with Crippen LogP contribution < -0.4 is 16.0 Å². The number of nitrogens with one attached hydrogen (secondary N) is 3. The maximum absolute atomic E-state index is 13.1. The Labute approximate surface area is 216 Å². The van der Waals surface area contributed by atoms with Crippen LogP contribution in [0.5, 0.6) is 0 Å². The van der Waals surface area contributed by atoms with Crippen molar-refractivity contribution in [3.05, 3.63) is 71.5 Å². The first-order valence-corrected chi connectivity index (χ1v) is 13.2. The number of carbonyl (C=O) groups excluding carboxylic acids is 1. The summed E-state index contributed by atoms with van der Waals surface area (Å²) in [7, 11) is 1.93. The maximum Gasteiger partial charge on any atom is 0.269 e. The van der Waals surface area contributed by atoms with Crippen molar-refractivity contribution in [3.8, 4) is 11.1 Å². The van der Waals surface area contributed by atoms with Crippen molar-refractivity contribution in [1.82, 2.24) is 5.32 Å². The minimum absolute atomic E-state index is 0.188. The summed E-state index contributed by atoms with van der Waals surface area (Å²) in [5.41, 5.74) is 9.11. The highest BCUT2D eigenvalue weighted by molar-refractivity contribution is 6.42. The van der Waals surface area contributed by atoms with Gasteiger partial charge >= 0.3 is 0 Å². The second-order valence-corrected chi connectivity index (χ2v) is 10.2. The average Bonchev–Trinajstić information content (AvgIpc) is 3.60. The molecule has 1 amide bonds. The molecule has 0 aromatic heterocycles. The molecule has 5 nitrogen and oxygen atoms in total. The Morgan fingerprint density at radius 1 is 1.00 bits per heavy atom. The molecule has 2 saturated carbocycles. The Balaban J connectivity index is 1.50. The molecule has 36 heavy (non-hydrogen) atoms. The molecule has 190 valence electrons. The summed E-state index contributed by atoms with van der Waals surface area (Å²) in [6.07, 6.45) is 9.35. The van der Waals surface area contributed by atoms with Crippen LogP contribution in [-0.2, 0) is 4.79 Å². The number of benzene rings is 2. The molecular formula is C31H40N4O. The van der Waals surface area contributed by atoms with Gasteiger partial charge in [-0.2, -0.15) is 0 Å². The van der Waals surface area contributed by atoms with Crippen LogP contribution in [0.1, 0.15) is 56.6 Å². The van der Waals surface area contributed by atoms with Crippen molar-refractivity contribution in [2.24, 2.45) is 10.9 Å². The van der Waals surface area contributed by atoms with E-state index in [4.69, 9.17) is 0 Å². The standard InChI is InChI=1S/C31H40N4O/c1-20(24-16-17-24)25(19-34-26-10-6-7-11-26)18-33-23(4)31(36)35-30-15-9-13-28(22(30)3)27-12-8-14-29(32-5)21(27)2/h8-9,12-15,18,24,26,32,34H,1,6-7,10-11,16-17,19H2,2-5H3,(H,35,36)/b25-18-,33-23+. The monoisotopic (exact) mass is 484 g/mol. The topological polar surface area (TPSA) is 65.5 Å². The van der Waals surface area contributed by atoms with E-state index >= 15 is 0 Å². The molecule has 2 aliphatic rings. The highest BCUT2D eigenvalue weighted by Crippen LogP contribution is 2.39. The molecule has 0 atom stereocenters. The predicted molar refractivity (Wildman–Crippen MR) is 153 cm³/mol. The third kappa shape index (κ3) is 6.14. The third-order valence-corrected chi connectivity index (χ3v) is 7.64. The normalized spacial score (nSPS) is 16.8. The summed E-state index contributed by atoms with van der Waals surface area (Å²) < 4.78 is 0. The van der Waals surface area contributed by atoms with Crippen LogP contribution >= 0.6 is 0 Å². The van der Waals surface area contributed by atoms with Gasteiger partial charge in [-0.1, -0.05) is 43.7 Å². The number of rotatable bonds is 10. The van der Waals surface area contributed by atoms with Gasteiger partial charge in [0.2, 0.25) is 0 Å². The third-order valence-electron chi connectivity index (χ3n) is 7.64. The number of hydrogen-bond acceptors (Lipinski definition) is 4. The molecule has 0 saturated heterocycles. The molecule has 2 fully saturated rings. The molecule has 3 N–H and O–H groups in total. The second kappa shape index (κ2) is 11.7. The highest BCUT2D eigenvalue weighted by atomic mass is 16.1. The van der Waals surface area contributed by atoms with Crippen LogP contribution in [-0.4, -0.2) is 31.3 Å². The van der Waals surface area contributed by atoms with Crippen molar-refractivity contribution >= 4 is 23.0 Å². The Bertz CT molecular complexity index is 1180. The SMILES string of the molecule is C=C(/C(=C\N=C(/C)C(=O)Nc1cccc(-c2cccc(NC)c2C)c1C)CNC1CCCC1)C1CC1. The first-order chi connectivity index (χ1) is 17.4. The van der Waals surface area contributed by atoms with Crippen LogP contribution in [0.3, 0.4) is 0 Å². The van der Waals surface area contributed by atoms with E-state index in [9.17, 15) is 4.79 Å². The van der Waals surface area contributed by atoms with E-state index in [-0.39, 0.29) is 5.91 Å². The molecule has 4 rings (SSSR count). The molecular weight excluding hydrogens is 444 g/mol. The summed E-state index contributed by atoms with van der Waals surface area (Å²) in [4.78, 5) is 17.6. The Morgan fingerprint density at radius 3 is 2.22 bits per heavy atom. The van der Waals surface area contributed by atoms with E-state index in [0.717, 1.165) is 40.2 Å². The second-order valence-electron chi connectivity index (χ2n) is 10.2. The smallest absolute Gasteiger partial charge is 0.269 e. The zero-order chi connectivity index (χ0) is 25.7. The van der Waals surface area contributed by atoms with Crippen LogP contribution in [0.15, 0.2) is 65.3 Å². The number of carbonyl (C=O) groups is 1. The van der Waals surface area contributed by atoms with Gasteiger partial charge in [0.25, 0.3) is 5.91 Å². The van der Waals surface area contributed by atoms with Crippen molar-refractivity contribution in [1.29, 1.82) is 0 Å². The van der Waals surface area contributed by atoms with Gasteiger partial charge in [-0.15, -0.1) is 0 Å². The molecule has 2 aromatic carbocycles. The number of anilines is 2. The van der Waals surface area contributed by atoms with E-state index in [2.05, 4.69) is 65.6 Å². The van der Waals surface area contributed by atoms with Gasteiger partial charge in [0, 0.05) is 37.2 Å². The summed E-state index contributed by atoms with van der Waals surface area (Å²) in [5, 5.41) is 10.0. The zero-order valence-corrected chi connectivity index (χ0v) is 22.2. The fraction of sp³-hybridized carbons (Fsp3) is 0.419. The lowest BCUT2D eigenvalue weighted by atomic mass is 9.94. The van der Waals surface area contributed by atoms with Gasteiger partial charge in [-0.3, -0.25) is 9.79 Å². The van der Waals surface area contributed by atoms with E-state index < -0.39 is 0 Å². The van der Waals surface area contributed by atoms with E-state index in [1.807, 2.05) is 25.4 Å². The number of aliphatic imine (C=N–C) groups is 1. The maximum atomic E-state index is 13.1. The molecule has 0 aliphatic heterocycles. The van der Waals surface area contributed by atoms with Crippen LogP contribution in [0.4, 0.5) is 11.4 Å². The van der Waals surface area contributed by atoms with Crippen LogP contribution in [0.25, 0.3) is 11.1 Å². The molecule has 0 spiro atoms. The fourth-order valence-electron chi connectivity index (χ4n) is 5.03. The minimum Gasteiger partial charge on any atom is -0.388 e. The van der Waals surface area contributed by atoms with E-state index in [1.54, 1.807) is 6.92 Å². The van der Waals surface area contributed by atoms with Gasteiger partial charge < -0.3 is 16.0 Å². The van der Waals surface area contributed by atoms with Gasteiger partial charge in [-0.05, 0) is 97.9 Å². The van der Waals surface area contributed by atoms with Crippen molar-refractivity contribution in [3.63, 3.8) is 0 Å². The molecule has 0 bridgehead atoms. The van der Waals surface area contributed by atoms with Gasteiger partial charge in [0.05, 0.1) is 0 Å². The van der Waals surface area contributed by atoms with Gasteiger partial charge in [0.1, 0.15) is 5.71 Å². The number of nitrogens with zero attached hydrogens (tertiary/aromatic N) is 1. The first-order valence-electron chi connectivity index (χ1n) is 13.2. The van der Waals surface area contributed by atoms with Crippen molar-refractivity contribution < 1.29 is 4.79 Å². The van der Waals surface area contributed by atoms with E-state index in [0.29, 0.717) is 17.7 Å². The predicted octanol–water partition coefficient (Wildman–Crippen LogP) is 6.79. The molecule has 5 heteroatoms. The summed E-state index contributed by atoms with van der Waals surface area (Å²) >= 11 is 0. The molecule has 0 heterocycles. The summed E-state index contributed by atoms with van der Waals surface area (Å²) in [6.45, 7) is 11.0. The largest absolute Gasteiger partial charge is 0.388 e. The van der Waals surface area contributed by atoms with Crippen molar-refractivity contribution in [2.45, 2.75) is 65.3 Å². The zero-order valence-electron chi connectivity index (χ0n) is 22.2. The van der Waals surface area contributed by atoms with Crippen LogP contribution in [0.2, 0.25) is 0 Å². The van der Waals surface area contributed by atoms with Gasteiger partial charge in [-0.25, -0.2) is 0 Å². The first kappa shape index (κ1) is 25.9. The quantitative estimate of drug-likeness (QED) is 0.257.